The first kappa shape index (κ1) is 17.6. The van der Waals surface area contributed by atoms with Crippen LogP contribution in [0.25, 0.3) is 0 Å². The molecule has 1 amide bonds. The Hall–Kier alpha value is -2.22. The first-order chi connectivity index (χ1) is 12.1. The predicted octanol–water partition coefficient (Wildman–Crippen LogP) is 3.11. The number of nitrogens with one attached hydrogen (secondary N) is 1. The summed E-state index contributed by atoms with van der Waals surface area (Å²) >= 11 is 1.34. The van der Waals surface area contributed by atoms with Crippen molar-refractivity contribution in [1.82, 2.24) is 20.2 Å². The molecule has 25 heavy (non-hydrogen) atoms. The third-order valence-electron chi connectivity index (χ3n) is 4.29. The highest BCUT2D eigenvalue weighted by Crippen LogP contribution is 2.30. The van der Waals surface area contributed by atoms with Crippen molar-refractivity contribution in [3.8, 4) is 0 Å². The van der Waals surface area contributed by atoms with Gasteiger partial charge in [0.2, 0.25) is 11.1 Å². The van der Waals surface area contributed by atoms with E-state index in [4.69, 9.17) is 0 Å². The summed E-state index contributed by atoms with van der Waals surface area (Å²) in [6.07, 6.45) is 5.85. The van der Waals surface area contributed by atoms with E-state index in [9.17, 15) is 9.59 Å². The zero-order valence-corrected chi connectivity index (χ0v) is 15.0. The molecule has 7 nitrogen and oxygen atoms in total. The third kappa shape index (κ3) is 4.66. The summed E-state index contributed by atoms with van der Waals surface area (Å²) in [7, 11) is 0. The zero-order chi connectivity index (χ0) is 17.6. The van der Waals surface area contributed by atoms with Crippen LogP contribution in [-0.4, -0.2) is 37.7 Å². The summed E-state index contributed by atoms with van der Waals surface area (Å²) in [6, 6.07) is 7.20. The van der Waals surface area contributed by atoms with E-state index in [1.165, 1.54) is 37.9 Å². The number of benzene rings is 1. The number of thioether (sulfide) groups is 1. The second-order valence-electron chi connectivity index (χ2n) is 6.17. The molecular formula is C17H21N5O2S. The van der Waals surface area contributed by atoms with E-state index in [-0.39, 0.29) is 17.4 Å². The molecule has 0 bridgehead atoms. The highest BCUT2D eigenvalue weighted by molar-refractivity contribution is 7.99. The van der Waals surface area contributed by atoms with E-state index in [0.717, 1.165) is 12.8 Å². The van der Waals surface area contributed by atoms with Crippen LogP contribution in [0.15, 0.2) is 29.4 Å². The molecule has 0 atom stereocenters. The molecule has 8 heteroatoms. The molecule has 1 aromatic heterocycles. The molecular weight excluding hydrogens is 338 g/mol. The van der Waals surface area contributed by atoms with Gasteiger partial charge in [-0.05, 0) is 54.5 Å². The zero-order valence-electron chi connectivity index (χ0n) is 14.1. The van der Waals surface area contributed by atoms with Gasteiger partial charge in [0.15, 0.2) is 5.78 Å². The number of hydrogen-bond acceptors (Lipinski definition) is 6. The summed E-state index contributed by atoms with van der Waals surface area (Å²) in [4.78, 5) is 23.4. The largest absolute Gasteiger partial charge is 0.325 e. The van der Waals surface area contributed by atoms with E-state index in [1.54, 1.807) is 24.3 Å². The lowest BCUT2D eigenvalue weighted by molar-refractivity contribution is -0.113. The summed E-state index contributed by atoms with van der Waals surface area (Å²) in [5, 5.41) is 15.4. The van der Waals surface area contributed by atoms with E-state index in [1.807, 2.05) is 4.68 Å². The standard InChI is InChI=1S/C17H21N5O2S/c1-12(23)13-7-9-14(10-8-13)18-16(24)11-25-17-19-20-21-22(17)15-5-3-2-4-6-15/h7-10,15H,2-6,11H2,1H3,(H,18,24). The van der Waals surface area contributed by atoms with E-state index in [0.29, 0.717) is 22.4 Å². The predicted molar refractivity (Wildman–Crippen MR) is 95.7 cm³/mol. The normalized spacial score (nSPS) is 15.1. The van der Waals surface area contributed by atoms with Crippen LogP contribution in [0.3, 0.4) is 0 Å². The maximum atomic E-state index is 12.1. The third-order valence-corrected chi connectivity index (χ3v) is 5.22. The number of carbonyl (C=O) groups is 2. The molecule has 1 aliphatic carbocycles. The molecule has 1 heterocycles. The topological polar surface area (TPSA) is 89.8 Å². The maximum absolute atomic E-state index is 12.1. The van der Waals surface area contributed by atoms with Gasteiger partial charge in [-0.1, -0.05) is 31.0 Å². The van der Waals surface area contributed by atoms with Crippen molar-refractivity contribution >= 4 is 29.1 Å². The molecule has 0 spiro atoms. The summed E-state index contributed by atoms with van der Waals surface area (Å²) in [5.74, 6) is 0.114. The number of Topliss-reactive ketones (excluding diaryl/α,β-unsaturated/α-hetero) is 1. The lowest BCUT2D eigenvalue weighted by Gasteiger charge is -2.21. The molecule has 0 aliphatic heterocycles. The average Bonchev–Trinajstić information content (AvgIpc) is 3.10. The molecule has 1 aromatic carbocycles. The van der Waals surface area contributed by atoms with Crippen molar-refractivity contribution in [3.63, 3.8) is 0 Å². The molecule has 0 saturated heterocycles. The first-order valence-electron chi connectivity index (χ1n) is 8.45. The van der Waals surface area contributed by atoms with E-state index in [2.05, 4.69) is 20.8 Å². The Balaban J connectivity index is 1.54. The van der Waals surface area contributed by atoms with Crippen molar-refractivity contribution in [3.05, 3.63) is 29.8 Å². The molecule has 0 radical (unpaired) electrons. The van der Waals surface area contributed by atoms with Crippen molar-refractivity contribution in [2.24, 2.45) is 0 Å². The Labute approximate surface area is 150 Å². The van der Waals surface area contributed by atoms with E-state index < -0.39 is 0 Å². The summed E-state index contributed by atoms with van der Waals surface area (Å²) in [5.41, 5.74) is 1.29. The number of aromatic nitrogens is 4. The molecule has 1 aliphatic rings. The molecule has 0 unspecified atom stereocenters. The quantitative estimate of drug-likeness (QED) is 0.629. The minimum absolute atomic E-state index is 0.00276. The number of ketones is 1. The number of carbonyl (C=O) groups excluding carboxylic acids is 2. The van der Waals surface area contributed by atoms with Crippen LogP contribution in [0, 0.1) is 0 Å². The molecule has 2 aromatic rings. The van der Waals surface area contributed by atoms with Gasteiger partial charge in [-0.25, -0.2) is 4.68 Å². The Kier molecular flexibility index (Phi) is 5.80. The number of anilines is 1. The number of tetrazole rings is 1. The minimum Gasteiger partial charge on any atom is -0.325 e. The van der Waals surface area contributed by atoms with Gasteiger partial charge in [0.05, 0.1) is 11.8 Å². The Morgan fingerprint density at radius 1 is 1.20 bits per heavy atom. The van der Waals surface area contributed by atoms with Gasteiger partial charge in [-0.3, -0.25) is 9.59 Å². The van der Waals surface area contributed by atoms with Gasteiger partial charge in [0.1, 0.15) is 0 Å². The smallest absolute Gasteiger partial charge is 0.234 e. The van der Waals surface area contributed by atoms with Crippen molar-refractivity contribution < 1.29 is 9.59 Å². The minimum atomic E-state index is -0.126. The number of hydrogen-bond donors (Lipinski definition) is 1. The monoisotopic (exact) mass is 359 g/mol. The van der Waals surface area contributed by atoms with Crippen LogP contribution >= 0.6 is 11.8 Å². The lowest BCUT2D eigenvalue weighted by atomic mass is 9.96. The molecule has 1 fully saturated rings. The van der Waals surface area contributed by atoms with Crippen LogP contribution in [0.5, 0.6) is 0 Å². The second kappa shape index (κ2) is 8.24. The van der Waals surface area contributed by atoms with Crippen LogP contribution in [0.4, 0.5) is 5.69 Å². The van der Waals surface area contributed by atoms with Crippen LogP contribution in [0.2, 0.25) is 0 Å². The van der Waals surface area contributed by atoms with Crippen LogP contribution in [-0.2, 0) is 4.79 Å². The fraction of sp³-hybridized carbons (Fsp3) is 0.471. The lowest BCUT2D eigenvalue weighted by Crippen LogP contribution is -2.17. The van der Waals surface area contributed by atoms with Gasteiger partial charge < -0.3 is 5.32 Å². The second-order valence-corrected chi connectivity index (χ2v) is 7.11. The van der Waals surface area contributed by atoms with E-state index >= 15 is 0 Å². The average molecular weight is 359 g/mol. The van der Waals surface area contributed by atoms with Crippen molar-refractivity contribution in [2.75, 3.05) is 11.1 Å². The van der Waals surface area contributed by atoms with Gasteiger partial charge in [0, 0.05) is 11.3 Å². The highest BCUT2D eigenvalue weighted by Gasteiger charge is 2.20. The van der Waals surface area contributed by atoms with Crippen molar-refractivity contribution in [1.29, 1.82) is 0 Å². The Morgan fingerprint density at radius 2 is 1.92 bits per heavy atom. The molecule has 1 N–H and O–H groups in total. The number of rotatable bonds is 6. The van der Waals surface area contributed by atoms with Crippen molar-refractivity contribution in [2.45, 2.75) is 50.2 Å². The highest BCUT2D eigenvalue weighted by atomic mass is 32.2. The summed E-state index contributed by atoms with van der Waals surface area (Å²) in [6.45, 7) is 1.51. The van der Waals surface area contributed by atoms with Gasteiger partial charge in [0.25, 0.3) is 0 Å². The molecule has 132 valence electrons. The fourth-order valence-electron chi connectivity index (χ4n) is 2.95. The molecule has 3 rings (SSSR count). The Morgan fingerprint density at radius 3 is 2.60 bits per heavy atom. The first-order valence-corrected chi connectivity index (χ1v) is 9.43. The summed E-state index contributed by atoms with van der Waals surface area (Å²) < 4.78 is 1.86. The van der Waals surface area contributed by atoms with Gasteiger partial charge in [-0.15, -0.1) is 5.10 Å². The van der Waals surface area contributed by atoms with Crippen LogP contribution in [0.1, 0.15) is 55.4 Å². The van der Waals surface area contributed by atoms with Gasteiger partial charge in [-0.2, -0.15) is 0 Å². The fourth-order valence-corrected chi connectivity index (χ4v) is 3.70. The SMILES string of the molecule is CC(=O)c1ccc(NC(=O)CSc2nnnn2C2CCCCC2)cc1. The number of amides is 1. The molecule has 1 saturated carbocycles. The van der Waals surface area contributed by atoms with Crippen LogP contribution < -0.4 is 5.32 Å². The maximum Gasteiger partial charge on any atom is 0.234 e. The Bertz CT molecular complexity index is 738. The number of nitrogens with zero attached hydrogens (tertiary/aromatic N) is 4. The van der Waals surface area contributed by atoms with Gasteiger partial charge >= 0.3 is 0 Å².